The number of rotatable bonds is 18. The molecule has 0 saturated carbocycles. The van der Waals surface area contributed by atoms with Gasteiger partial charge in [-0.25, -0.2) is 0 Å². The summed E-state index contributed by atoms with van der Waals surface area (Å²) in [5.41, 5.74) is 2.72. The molecule has 24 heteroatoms. The molecule has 0 aliphatic carbocycles. The Morgan fingerprint density at radius 2 is 0.739 bits per heavy atom. The van der Waals surface area contributed by atoms with Gasteiger partial charge in [0.15, 0.2) is 23.1 Å². The lowest BCUT2D eigenvalue weighted by atomic mass is 10.1. The van der Waals surface area contributed by atoms with E-state index in [-0.39, 0.29) is 80.1 Å². The van der Waals surface area contributed by atoms with Crippen molar-refractivity contribution >= 4 is 171 Å². The molecule has 2 aromatic carbocycles. The van der Waals surface area contributed by atoms with Crippen molar-refractivity contribution in [2.45, 2.75) is 116 Å². The van der Waals surface area contributed by atoms with Crippen molar-refractivity contribution in [3.05, 3.63) is 43.7 Å². The summed E-state index contributed by atoms with van der Waals surface area (Å²) in [6, 6.07) is 0. The molecule has 0 aromatic heterocycles. The maximum atomic E-state index is 14.2. The number of anilines is 2. The molecule has 2 aromatic rings. The number of halogens is 6. The van der Waals surface area contributed by atoms with Crippen LogP contribution in [0.15, 0.2) is 0 Å². The molecule has 0 spiro atoms. The van der Waals surface area contributed by atoms with Gasteiger partial charge in [0, 0.05) is 46.4 Å². The highest BCUT2D eigenvalue weighted by atomic mass is 127. The third-order valence-electron chi connectivity index (χ3n) is 11.3. The van der Waals surface area contributed by atoms with Crippen molar-refractivity contribution in [1.82, 2.24) is 21.3 Å². The van der Waals surface area contributed by atoms with Gasteiger partial charge in [0.05, 0.1) is 80.4 Å². The Balaban J connectivity index is 1.23. The third-order valence-corrected chi connectivity index (χ3v) is 17.8. The molecule has 18 nitrogen and oxygen atoms in total. The fraction of sp³-hybridized carbons (Fsp3) is 0.644. The van der Waals surface area contributed by atoms with E-state index >= 15 is 0 Å². The topological polar surface area (TPSA) is 214 Å². The molecular formula is C45H60I6N6O12. The van der Waals surface area contributed by atoms with Gasteiger partial charge in [0.25, 0.3) is 23.6 Å². The highest BCUT2D eigenvalue weighted by molar-refractivity contribution is 14.1. The van der Waals surface area contributed by atoms with Crippen molar-refractivity contribution in [2.24, 2.45) is 5.92 Å². The quantitative estimate of drug-likeness (QED) is 0.0804. The number of hydrogen-bond acceptors (Lipinski definition) is 14. The number of hydrogen-bond donors (Lipinski definition) is 6. The van der Waals surface area contributed by atoms with Gasteiger partial charge in [-0.05, 0) is 203 Å². The van der Waals surface area contributed by atoms with Crippen LogP contribution >= 0.6 is 136 Å². The molecular weight excluding hydrogens is 1580 g/mol. The Morgan fingerprint density at radius 3 is 1.01 bits per heavy atom. The van der Waals surface area contributed by atoms with Gasteiger partial charge >= 0.3 is 0 Å². The van der Waals surface area contributed by atoms with E-state index in [4.69, 9.17) is 37.9 Å². The van der Waals surface area contributed by atoms with Crippen LogP contribution in [-0.2, 0) is 37.9 Å². The second-order valence-electron chi connectivity index (χ2n) is 19.0. The maximum Gasteiger partial charge on any atom is 0.253 e. The van der Waals surface area contributed by atoms with E-state index in [0.29, 0.717) is 101 Å². The van der Waals surface area contributed by atoms with Crippen LogP contribution in [0.3, 0.4) is 0 Å². The Morgan fingerprint density at radius 1 is 0.464 bits per heavy atom. The predicted molar refractivity (Wildman–Crippen MR) is 309 cm³/mol. The zero-order valence-electron chi connectivity index (χ0n) is 39.8. The van der Waals surface area contributed by atoms with Gasteiger partial charge < -0.3 is 69.8 Å². The maximum absolute atomic E-state index is 14.2. The lowest BCUT2D eigenvalue weighted by Crippen LogP contribution is -2.45. The van der Waals surface area contributed by atoms with Crippen LogP contribution in [0.25, 0.3) is 0 Å². The Bertz CT molecular complexity index is 2220. The molecule has 4 aliphatic heterocycles. The monoisotopic (exact) mass is 1640 g/mol. The zero-order valence-corrected chi connectivity index (χ0v) is 52.8. The minimum absolute atomic E-state index is 0.0616. The van der Waals surface area contributed by atoms with E-state index in [1.54, 1.807) is 0 Å². The first-order chi connectivity index (χ1) is 32.2. The molecule has 6 rings (SSSR count). The molecule has 4 saturated heterocycles. The van der Waals surface area contributed by atoms with E-state index in [9.17, 15) is 19.2 Å². The summed E-state index contributed by atoms with van der Waals surface area (Å²) in [4.78, 5) is 56.5. The molecule has 4 heterocycles. The van der Waals surface area contributed by atoms with E-state index in [2.05, 4.69) is 174 Å². The number of nitrogens with one attached hydrogen (secondary N) is 6. The molecule has 4 amide bonds. The summed E-state index contributed by atoms with van der Waals surface area (Å²) in [7, 11) is 0. The molecule has 4 fully saturated rings. The van der Waals surface area contributed by atoms with E-state index < -0.39 is 23.1 Å². The SMILES string of the molecule is CC(CNc1c(I)c(C(=O)NCC2CCOC(C)(C)O2)c(I)c(C(=O)NCC2COC(C)(C)O2)c1I)CNc1c(I)c(C(=O)NCC2COC(C)(C)O2)c(I)c(C(=O)NCC2COC(C)(C)O2)c1I. The number of carbonyl (C=O) groups is 4. The highest BCUT2D eigenvalue weighted by Crippen LogP contribution is 2.38. The second-order valence-corrected chi connectivity index (χ2v) is 25.4. The molecule has 5 atom stereocenters. The normalized spacial score (nSPS) is 23.8. The van der Waals surface area contributed by atoms with Crippen molar-refractivity contribution in [3.63, 3.8) is 0 Å². The van der Waals surface area contributed by atoms with Crippen molar-refractivity contribution in [3.8, 4) is 0 Å². The lowest BCUT2D eigenvalue weighted by molar-refractivity contribution is -0.271. The van der Waals surface area contributed by atoms with E-state index in [1.807, 2.05) is 55.4 Å². The summed E-state index contributed by atoms with van der Waals surface area (Å²) in [5.74, 6) is -4.47. The summed E-state index contributed by atoms with van der Waals surface area (Å²) in [5, 5.41) is 19.2. The molecule has 0 bridgehead atoms. The summed E-state index contributed by atoms with van der Waals surface area (Å²) in [6.45, 7) is 20.0. The van der Waals surface area contributed by atoms with Gasteiger partial charge in [0.2, 0.25) is 0 Å². The largest absolute Gasteiger partial charge is 0.383 e. The van der Waals surface area contributed by atoms with Gasteiger partial charge in [-0.15, -0.1) is 0 Å². The van der Waals surface area contributed by atoms with Crippen LogP contribution in [0, 0.1) is 27.3 Å². The first-order valence-corrected chi connectivity index (χ1v) is 28.9. The van der Waals surface area contributed by atoms with Gasteiger partial charge in [-0.1, -0.05) is 6.92 Å². The third kappa shape index (κ3) is 15.3. The van der Waals surface area contributed by atoms with Crippen LogP contribution in [0.4, 0.5) is 11.4 Å². The van der Waals surface area contributed by atoms with Gasteiger partial charge in [-0.2, -0.15) is 0 Å². The van der Waals surface area contributed by atoms with Crippen molar-refractivity contribution in [1.29, 1.82) is 0 Å². The zero-order chi connectivity index (χ0) is 50.8. The second kappa shape index (κ2) is 24.3. The average Bonchev–Trinajstić information content (AvgIpc) is 3.92. The predicted octanol–water partition coefficient (Wildman–Crippen LogP) is 7.39. The summed E-state index contributed by atoms with van der Waals surface area (Å²) in [6.07, 6.45) is -0.628. The number of carbonyl (C=O) groups excluding carboxylic acids is 4. The Labute approximate surface area is 485 Å². The van der Waals surface area contributed by atoms with Crippen LogP contribution < -0.4 is 31.9 Å². The van der Waals surface area contributed by atoms with E-state index in [1.165, 1.54) is 0 Å². The Kier molecular flexibility index (Phi) is 20.5. The lowest BCUT2D eigenvalue weighted by Gasteiger charge is -2.36. The standard InChI is InChI=1S/C45H60I6N6O12/c1-21(13-53-37-34(50)28(40(60)56-16-24-19-64-44(6,7)68-24)31(47)29(35(37)51)41(61)57-17-25-20-65-45(8,9)69-25)12-52-36-32(48)26(38(58)54-14-22-10-11-62-42(2,3)66-22)30(46)27(33(36)49)39(59)55-15-23-18-63-43(4,5)67-23/h21-25,52-53H,10-20H2,1-9H3,(H,54,58)(H,55,59)(H,56,60)(H,57,61). The smallest absolute Gasteiger partial charge is 0.253 e. The van der Waals surface area contributed by atoms with Crippen molar-refractivity contribution in [2.75, 3.05) is 76.3 Å². The van der Waals surface area contributed by atoms with Crippen LogP contribution in [0.1, 0.15) is 110 Å². The van der Waals surface area contributed by atoms with Crippen LogP contribution in [0.2, 0.25) is 0 Å². The highest BCUT2D eigenvalue weighted by Gasteiger charge is 2.38. The van der Waals surface area contributed by atoms with Gasteiger partial charge in [-0.3, -0.25) is 19.2 Å². The minimum Gasteiger partial charge on any atom is -0.383 e. The molecule has 5 unspecified atom stereocenters. The summed E-state index contributed by atoms with van der Waals surface area (Å²) < 4.78 is 50.4. The molecule has 0 radical (unpaired) electrons. The first-order valence-electron chi connectivity index (χ1n) is 22.5. The van der Waals surface area contributed by atoms with Crippen LogP contribution in [0.5, 0.6) is 0 Å². The average molecular weight is 1640 g/mol. The first kappa shape index (κ1) is 58.2. The molecule has 6 N–H and O–H groups in total. The number of ether oxygens (including phenoxy) is 8. The molecule has 69 heavy (non-hydrogen) atoms. The number of amides is 4. The molecule has 4 aliphatic rings. The van der Waals surface area contributed by atoms with E-state index in [0.717, 1.165) is 0 Å². The van der Waals surface area contributed by atoms with Crippen LogP contribution in [-0.4, -0.2) is 137 Å². The fourth-order valence-corrected chi connectivity index (χ4v) is 17.0. The van der Waals surface area contributed by atoms with Crippen molar-refractivity contribution < 1.29 is 57.1 Å². The fourth-order valence-electron chi connectivity index (χ4n) is 7.91. The molecule has 384 valence electrons. The Hall–Kier alpha value is -0.0200. The minimum atomic E-state index is -0.767. The summed E-state index contributed by atoms with van der Waals surface area (Å²) >= 11 is 12.9. The van der Waals surface area contributed by atoms with Gasteiger partial charge in [0.1, 0.15) is 18.3 Å². The number of benzene rings is 2.